The maximum absolute atomic E-state index is 14.8. The molecule has 4 rings (SSSR count). The predicted molar refractivity (Wildman–Crippen MR) is 110 cm³/mol. The number of nitrogens with zero attached hydrogens (tertiary/aromatic N) is 2. The Morgan fingerprint density at radius 3 is 2.69 bits per heavy atom. The van der Waals surface area contributed by atoms with E-state index in [4.69, 9.17) is 10.3 Å². The minimum atomic E-state index is -1.49. The van der Waals surface area contributed by atoms with E-state index in [-0.39, 0.29) is 22.5 Å². The molecular weight excluding hydrogens is 389 g/mol. The van der Waals surface area contributed by atoms with E-state index in [2.05, 4.69) is 10.6 Å². The molecule has 2 saturated carbocycles. The highest BCUT2D eigenvalue weighted by molar-refractivity contribution is 8.29. The largest absolute Gasteiger partial charge is 0.488 e. The summed E-state index contributed by atoms with van der Waals surface area (Å²) < 4.78 is 24.2. The number of nitriles is 1. The fourth-order valence-corrected chi connectivity index (χ4v) is 5.08. The third kappa shape index (κ3) is 4.18. The van der Waals surface area contributed by atoms with Crippen LogP contribution in [0, 0.1) is 29.6 Å². The number of aryl methyl sites for hydroxylation is 1. The number of halogens is 1. The topological polar surface area (TPSA) is 86.3 Å². The third-order valence-electron chi connectivity index (χ3n) is 5.32. The summed E-state index contributed by atoms with van der Waals surface area (Å²) in [5, 5.41) is 9.10. The van der Waals surface area contributed by atoms with Crippen molar-refractivity contribution in [1.29, 1.82) is 10.8 Å². The molecule has 0 heterocycles. The average Bonchev–Trinajstić information content (AvgIpc) is 3.61. The van der Waals surface area contributed by atoms with Crippen LogP contribution in [0.1, 0.15) is 64.2 Å². The molecule has 1 N–H and O–H groups in total. The quantitative estimate of drug-likeness (QED) is 0.452. The van der Waals surface area contributed by atoms with Gasteiger partial charge in [0.1, 0.15) is 24.2 Å². The molecule has 29 heavy (non-hydrogen) atoms. The number of carbonyl (C=O) groups is 1. The molecule has 0 aromatic heterocycles. The van der Waals surface area contributed by atoms with Crippen molar-refractivity contribution in [3.05, 3.63) is 64.0 Å². The molecule has 1 atom stereocenters. The van der Waals surface area contributed by atoms with Gasteiger partial charge in [-0.05, 0) is 79.5 Å². The molecule has 0 aliphatic heterocycles. The summed E-state index contributed by atoms with van der Waals surface area (Å²) in [6.07, 6.45) is 3.78. The lowest BCUT2D eigenvalue weighted by Crippen LogP contribution is -2.09. The van der Waals surface area contributed by atoms with E-state index < -0.39 is 16.9 Å². The third-order valence-corrected chi connectivity index (χ3v) is 7.40. The Morgan fingerprint density at radius 1 is 1.31 bits per heavy atom. The van der Waals surface area contributed by atoms with Crippen molar-refractivity contribution in [3.63, 3.8) is 0 Å². The molecule has 0 bridgehead atoms. The summed E-state index contributed by atoms with van der Waals surface area (Å²) in [4.78, 5) is 12.8. The average molecular weight is 412 g/mol. The highest BCUT2D eigenvalue weighted by Crippen LogP contribution is 2.50. The monoisotopic (exact) mass is 411 g/mol. The minimum Gasteiger partial charge on any atom is -0.488 e. The maximum atomic E-state index is 14.8. The van der Waals surface area contributed by atoms with Crippen molar-refractivity contribution in [1.82, 2.24) is 0 Å². The molecule has 2 aliphatic carbocycles. The number of hydrogen-bond donors (Lipinski definition) is 2. The van der Waals surface area contributed by atoms with Gasteiger partial charge in [-0.2, -0.15) is 10.8 Å². The standard InChI is InChI=1S/C22H22FN3O2S/c1-13-2-7-21(15(8-13)11-24)28-12-16-9-20(23)19(10-18(16)14-3-4-14)22(27)29(26-25)17-5-6-17/h2,7-10,14,17,25,29H,3-6,12H2,1H3. The van der Waals surface area contributed by atoms with Gasteiger partial charge in [0, 0.05) is 5.25 Å². The molecule has 0 radical (unpaired) electrons. The van der Waals surface area contributed by atoms with Crippen LogP contribution in [-0.4, -0.2) is 10.4 Å². The molecule has 1 unspecified atom stereocenters. The van der Waals surface area contributed by atoms with Crippen molar-refractivity contribution in [2.24, 2.45) is 4.52 Å². The first kappa shape index (κ1) is 19.6. The smallest absolute Gasteiger partial charge is 0.222 e. The Bertz CT molecular complexity index is 1030. The Labute approximate surface area is 171 Å². The Kier molecular flexibility index (Phi) is 5.37. The van der Waals surface area contributed by atoms with Crippen LogP contribution in [0.3, 0.4) is 0 Å². The lowest BCUT2D eigenvalue weighted by molar-refractivity contribution is 0.108. The van der Waals surface area contributed by atoms with Gasteiger partial charge in [-0.3, -0.25) is 4.79 Å². The van der Waals surface area contributed by atoms with Crippen molar-refractivity contribution in [3.8, 4) is 11.8 Å². The Morgan fingerprint density at radius 2 is 2.07 bits per heavy atom. The predicted octanol–water partition coefficient (Wildman–Crippen LogP) is 5.71. The highest BCUT2D eigenvalue weighted by Gasteiger charge is 2.36. The first-order valence-corrected chi connectivity index (χ1v) is 11.0. The SMILES string of the molecule is Cc1ccc(OCc2cc(F)c(C(=O)[SH](N=N)C3CC3)cc2C2CC2)c(C#N)c1. The molecule has 0 amide bonds. The van der Waals surface area contributed by atoms with Crippen LogP contribution < -0.4 is 4.74 Å². The van der Waals surface area contributed by atoms with Crippen molar-refractivity contribution in [2.75, 3.05) is 0 Å². The summed E-state index contributed by atoms with van der Waals surface area (Å²) in [6, 6.07) is 10.5. The van der Waals surface area contributed by atoms with Crippen molar-refractivity contribution >= 4 is 16.2 Å². The molecule has 7 heteroatoms. The number of ether oxygens (including phenoxy) is 1. The molecule has 0 spiro atoms. The van der Waals surface area contributed by atoms with Gasteiger partial charge < -0.3 is 4.74 Å². The molecule has 2 aromatic carbocycles. The number of nitrogens with one attached hydrogen (secondary N) is 1. The van der Waals surface area contributed by atoms with E-state index in [1.807, 2.05) is 13.0 Å². The van der Waals surface area contributed by atoms with Gasteiger partial charge in [-0.25, -0.2) is 4.39 Å². The van der Waals surface area contributed by atoms with Crippen LogP contribution in [0.5, 0.6) is 5.75 Å². The van der Waals surface area contributed by atoms with E-state index in [0.717, 1.165) is 36.8 Å². The summed E-state index contributed by atoms with van der Waals surface area (Å²) in [6.45, 7) is 2.04. The van der Waals surface area contributed by atoms with Crippen LogP contribution in [0.15, 0.2) is 34.9 Å². The van der Waals surface area contributed by atoms with Gasteiger partial charge in [-0.1, -0.05) is 17.1 Å². The molecule has 0 saturated heterocycles. The maximum Gasteiger partial charge on any atom is 0.222 e. The molecule has 2 fully saturated rings. The number of hydrogen-bond acceptors (Lipinski definition) is 5. The summed E-state index contributed by atoms with van der Waals surface area (Å²) in [7, 11) is 0. The second kappa shape index (κ2) is 7.96. The van der Waals surface area contributed by atoms with Crippen LogP contribution in [0.2, 0.25) is 0 Å². The van der Waals surface area contributed by atoms with E-state index in [1.165, 1.54) is 6.07 Å². The number of thiol groups is 1. The number of benzene rings is 2. The van der Waals surface area contributed by atoms with Gasteiger partial charge in [0.15, 0.2) is 0 Å². The first-order valence-electron chi connectivity index (χ1n) is 9.68. The van der Waals surface area contributed by atoms with E-state index in [9.17, 15) is 14.4 Å². The van der Waals surface area contributed by atoms with Crippen LogP contribution in [0.25, 0.3) is 0 Å². The summed E-state index contributed by atoms with van der Waals surface area (Å²) >= 11 is -1.49. The fourth-order valence-electron chi connectivity index (χ4n) is 3.44. The molecule has 150 valence electrons. The van der Waals surface area contributed by atoms with Gasteiger partial charge in [0.25, 0.3) is 0 Å². The Balaban J connectivity index is 1.61. The molecule has 5 nitrogen and oxygen atoms in total. The zero-order valence-electron chi connectivity index (χ0n) is 16.1. The second-order valence-corrected chi connectivity index (χ2v) is 9.71. The van der Waals surface area contributed by atoms with Crippen molar-refractivity contribution < 1.29 is 13.9 Å². The zero-order valence-corrected chi connectivity index (χ0v) is 17.0. The van der Waals surface area contributed by atoms with Crippen LogP contribution in [-0.2, 0) is 6.61 Å². The Hall–Kier alpha value is -2.72. The van der Waals surface area contributed by atoms with Gasteiger partial charge in [0.2, 0.25) is 5.12 Å². The normalized spacial score (nSPS) is 17.3. The number of rotatable bonds is 7. The lowest BCUT2D eigenvalue weighted by Gasteiger charge is -2.17. The molecule has 2 aromatic rings. The minimum absolute atomic E-state index is 0.0534. The van der Waals surface area contributed by atoms with Gasteiger partial charge in [-0.15, -0.1) is 4.52 Å². The summed E-state index contributed by atoms with van der Waals surface area (Å²) in [5.74, 6) is 0.180. The van der Waals surface area contributed by atoms with E-state index in [1.54, 1.807) is 18.2 Å². The van der Waals surface area contributed by atoms with E-state index >= 15 is 0 Å². The first-order chi connectivity index (χ1) is 14.0. The highest BCUT2D eigenvalue weighted by atomic mass is 32.2. The zero-order chi connectivity index (χ0) is 20.5. The van der Waals surface area contributed by atoms with Gasteiger partial charge in [0.05, 0.1) is 11.1 Å². The van der Waals surface area contributed by atoms with E-state index in [0.29, 0.717) is 22.8 Å². The second-order valence-electron chi connectivity index (χ2n) is 7.69. The van der Waals surface area contributed by atoms with Crippen molar-refractivity contribution in [2.45, 2.75) is 50.4 Å². The molecule has 2 aliphatic rings. The summed E-state index contributed by atoms with van der Waals surface area (Å²) in [5.41, 5.74) is 10.4. The number of carbonyl (C=O) groups excluding carboxylic acids is 1. The van der Waals surface area contributed by atoms with Crippen LogP contribution >= 0.6 is 11.1 Å². The fraction of sp³-hybridized carbons (Fsp3) is 0.364. The molecular formula is C22H22FN3O2S. The van der Waals surface area contributed by atoms with Gasteiger partial charge >= 0.3 is 0 Å². The van der Waals surface area contributed by atoms with Crippen LogP contribution in [0.4, 0.5) is 4.39 Å². The lowest BCUT2D eigenvalue weighted by atomic mass is 10.00.